The molecule has 2 aromatic carbocycles. The van der Waals surface area contributed by atoms with E-state index in [-0.39, 0.29) is 23.4 Å². The number of nitrogens with zero attached hydrogens (tertiary/aromatic N) is 3. The molecule has 0 atom stereocenters. The molecule has 30 heavy (non-hydrogen) atoms. The van der Waals surface area contributed by atoms with Crippen molar-refractivity contribution in [3.05, 3.63) is 75.8 Å². The minimum absolute atomic E-state index is 0.0794. The number of carbonyl (C=O) groups is 2. The second kappa shape index (κ2) is 7.92. The molecule has 0 aliphatic heterocycles. The fourth-order valence-corrected chi connectivity index (χ4v) is 3.10. The molecule has 9 heteroatoms. The average Bonchev–Trinajstić information content (AvgIpc) is 3.16. The Balaban J connectivity index is 1.62. The largest absolute Gasteiger partial charge is 0.335 e. The highest BCUT2D eigenvalue weighted by Crippen LogP contribution is 2.25. The van der Waals surface area contributed by atoms with Gasteiger partial charge in [0.2, 0.25) is 5.91 Å². The maximum atomic E-state index is 13.0. The monoisotopic (exact) mass is 422 g/mol. The van der Waals surface area contributed by atoms with Gasteiger partial charge in [-0.3, -0.25) is 19.0 Å². The van der Waals surface area contributed by atoms with Gasteiger partial charge in [-0.15, -0.1) is 0 Å². The summed E-state index contributed by atoms with van der Waals surface area (Å²) >= 11 is 5.91. The maximum absolute atomic E-state index is 13.0. The van der Waals surface area contributed by atoms with Crippen LogP contribution < -0.4 is 10.9 Å². The number of hydrogen-bond acceptors (Lipinski definition) is 6. The van der Waals surface area contributed by atoms with E-state index in [0.717, 1.165) is 0 Å². The Morgan fingerprint density at radius 2 is 1.93 bits per heavy atom. The van der Waals surface area contributed by atoms with Crippen molar-refractivity contribution < 1.29 is 14.1 Å². The molecule has 0 saturated heterocycles. The van der Waals surface area contributed by atoms with E-state index in [2.05, 4.69) is 15.5 Å². The van der Waals surface area contributed by atoms with Gasteiger partial charge >= 0.3 is 0 Å². The van der Waals surface area contributed by atoms with Crippen molar-refractivity contribution in [1.82, 2.24) is 14.7 Å². The second-order valence-electron chi connectivity index (χ2n) is 6.58. The predicted octanol–water partition coefficient (Wildman–Crippen LogP) is 3.55. The van der Waals surface area contributed by atoms with Crippen LogP contribution in [0.25, 0.3) is 22.4 Å². The molecule has 0 spiro atoms. The van der Waals surface area contributed by atoms with E-state index < -0.39 is 11.5 Å². The zero-order valence-electron chi connectivity index (χ0n) is 15.8. The van der Waals surface area contributed by atoms with Gasteiger partial charge in [-0.2, -0.15) is 0 Å². The lowest BCUT2D eigenvalue weighted by atomic mass is 10.1. The molecule has 0 unspecified atom stereocenters. The molecular weight excluding hydrogens is 408 g/mol. The van der Waals surface area contributed by atoms with Gasteiger partial charge in [0.05, 0.1) is 0 Å². The number of rotatable bonds is 5. The molecule has 0 radical (unpaired) electrons. The normalized spacial score (nSPS) is 10.9. The number of ketones is 1. The number of carbonyl (C=O) groups excluding carboxylic acids is 2. The van der Waals surface area contributed by atoms with Gasteiger partial charge in [0.25, 0.3) is 11.3 Å². The van der Waals surface area contributed by atoms with Gasteiger partial charge < -0.3 is 9.84 Å². The lowest BCUT2D eigenvalue weighted by Crippen LogP contribution is -2.27. The first-order chi connectivity index (χ1) is 14.4. The topological polar surface area (TPSA) is 107 Å². The summed E-state index contributed by atoms with van der Waals surface area (Å²) in [4.78, 5) is 41.0. The summed E-state index contributed by atoms with van der Waals surface area (Å²) in [6, 6.07) is 13.3. The molecule has 4 aromatic rings. The van der Waals surface area contributed by atoms with Crippen LogP contribution in [0.5, 0.6) is 0 Å². The SMILES string of the molecule is CC(=O)c1cccc(NC(=O)Cn2cnc3onc(-c4ccc(Cl)cc4)c3c2=O)c1. The Morgan fingerprint density at radius 3 is 2.67 bits per heavy atom. The van der Waals surface area contributed by atoms with Crippen LogP contribution in [0.1, 0.15) is 17.3 Å². The van der Waals surface area contributed by atoms with Gasteiger partial charge in [0.1, 0.15) is 24.0 Å². The van der Waals surface area contributed by atoms with E-state index in [1.165, 1.54) is 17.8 Å². The fraction of sp³-hybridized carbons (Fsp3) is 0.0952. The minimum Gasteiger partial charge on any atom is -0.335 e. The molecule has 0 bridgehead atoms. The number of benzene rings is 2. The summed E-state index contributed by atoms with van der Waals surface area (Å²) in [5.74, 6) is -0.553. The van der Waals surface area contributed by atoms with Crippen LogP contribution >= 0.6 is 11.6 Å². The molecule has 0 aliphatic rings. The first-order valence-corrected chi connectivity index (χ1v) is 9.32. The van der Waals surface area contributed by atoms with Crippen molar-refractivity contribution in [3.8, 4) is 11.3 Å². The van der Waals surface area contributed by atoms with Gasteiger partial charge in [-0.1, -0.05) is 41.0 Å². The van der Waals surface area contributed by atoms with Crippen LogP contribution in [0.15, 0.2) is 64.2 Å². The lowest BCUT2D eigenvalue weighted by molar-refractivity contribution is -0.116. The van der Waals surface area contributed by atoms with Crippen molar-refractivity contribution in [1.29, 1.82) is 0 Å². The number of aromatic nitrogens is 3. The number of hydrogen-bond donors (Lipinski definition) is 1. The first kappa shape index (κ1) is 19.5. The number of amides is 1. The summed E-state index contributed by atoms with van der Waals surface area (Å²) < 4.78 is 6.34. The number of Topliss-reactive ketones (excluding diaryl/α,β-unsaturated/α-hetero) is 1. The summed E-state index contributed by atoms with van der Waals surface area (Å²) in [5.41, 5.74) is 1.52. The van der Waals surface area contributed by atoms with Crippen molar-refractivity contribution in [3.63, 3.8) is 0 Å². The number of nitrogens with one attached hydrogen (secondary N) is 1. The Bertz CT molecular complexity index is 1330. The highest BCUT2D eigenvalue weighted by molar-refractivity contribution is 6.30. The third kappa shape index (κ3) is 3.85. The highest BCUT2D eigenvalue weighted by atomic mass is 35.5. The lowest BCUT2D eigenvalue weighted by Gasteiger charge is -2.08. The van der Waals surface area contributed by atoms with Crippen molar-refractivity contribution in [2.75, 3.05) is 5.32 Å². The smallest absolute Gasteiger partial charge is 0.267 e. The second-order valence-corrected chi connectivity index (χ2v) is 7.02. The van der Waals surface area contributed by atoms with Gasteiger partial charge in [0.15, 0.2) is 5.78 Å². The van der Waals surface area contributed by atoms with E-state index in [0.29, 0.717) is 27.5 Å². The minimum atomic E-state index is -0.459. The summed E-state index contributed by atoms with van der Waals surface area (Å²) in [6.45, 7) is 1.18. The van der Waals surface area contributed by atoms with Crippen LogP contribution in [0.4, 0.5) is 5.69 Å². The molecule has 1 N–H and O–H groups in total. The Hall–Kier alpha value is -3.78. The third-order valence-electron chi connectivity index (χ3n) is 4.45. The fourth-order valence-electron chi connectivity index (χ4n) is 2.97. The molecule has 0 fully saturated rings. The Morgan fingerprint density at radius 1 is 1.17 bits per heavy atom. The molecule has 150 valence electrons. The molecular formula is C21H15ClN4O4. The van der Waals surface area contributed by atoms with Gasteiger partial charge in [0, 0.05) is 21.8 Å². The standard InChI is InChI=1S/C21H15ClN4O4/c1-12(27)14-3-2-4-16(9-14)24-17(28)10-26-11-23-20-18(21(26)29)19(25-30-20)13-5-7-15(22)8-6-13/h2-9,11H,10H2,1H3,(H,24,28). The molecule has 1 amide bonds. The summed E-state index contributed by atoms with van der Waals surface area (Å²) in [6.07, 6.45) is 1.23. The summed E-state index contributed by atoms with van der Waals surface area (Å²) in [7, 11) is 0. The maximum Gasteiger partial charge on any atom is 0.267 e. The van der Waals surface area contributed by atoms with Gasteiger partial charge in [-0.25, -0.2) is 4.98 Å². The van der Waals surface area contributed by atoms with E-state index >= 15 is 0 Å². The quantitative estimate of drug-likeness (QED) is 0.493. The van der Waals surface area contributed by atoms with Crippen molar-refractivity contribution >= 4 is 40.1 Å². The summed E-state index contributed by atoms with van der Waals surface area (Å²) in [5, 5.41) is 7.34. The molecule has 4 rings (SSSR count). The van der Waals surface area contributed by atoms with E-state index in [4.69, 9.17) is 16.1 Å². The first-order valence-electron chi connectivity index (χ1n) is 8.94. The van der Waals surface area contributed by atoms with Crippen molar-refractivity contribution in [2.24, 2.45) is 0 Å². The van der Waals surface area contributed by atoms with Crippen LogP contribution in [0.3, 0.4) is 0 Å². The van der Waals surface area contributed by atoms with Crippen LogP contribution in [0.2, 0.25) is 5.02 Å². The van der Waals surface area contributed by atoms with E-state index in [9.17, 15) is 14.4 Å². The van der Waals surface area contributed by atoms with Crippen LogP contribution in [-0.2, 0) is 11.3 Å². The number of fused-ring (bicyclic) bond motifs is 1. The predicted molar refractivity (Wildman–Crippen MR) is 112 cm³/mol. The number of anilines is 1. The van der Waals surface area contributed by atoms with Crippen LogP contribution in [-0.4, -0.2) is 26.4 Å². The van der Waals surface area contributed by atoms with Crippen LogP contribution in [0, 0.1) is 0 Å². The molecule has 2 aromatic heterocycles. The zero-order valence-corrected chi connectivity index (χ0v) is 16.5. The van der Waals surface area contributed by atoms with E-state index in [1.54, 1.807) is 48.5 Å². The Labute approximate surface area is 175 Å². The number of halogens is 1. The highest BCUT2D eigenvalue weighted by Gasteiger charge is 2.18. The van der Waals surface area contributed by atoms with E-state index in [1.807, 2.05) is 0 Å². The molecule has 8 nitrogen and oxygen atoms in total. The average molecular weight is 423 g/mol. The Kier molecular flexibility index (Phi) is 5.16. The zero-order chi connectivity index (χ0) is 21.3. The third-order valence-corrected chi connectivity index (χ3v) is 4.70. The van der Waals surface area contributed by atoms with Crippen molar-refractivity contribution in [2.45, 2.75) is 13.5 Å². The molecule has 2 heterocycles. The molecule has 0 saturated carbocycles. The molecule has 0 aliphatic carbocycles. The van der Waals surface area contributed by atoms with Gasteiger partial charge in [-0.05, 0) is 31.2 Å².